The van der Waals surface area contributed by atoms with Crippen molar-refractivity contribution >= 4 is 109 Å². The second kappa shape index (κ2) is 36.5. The van der Waals surface area contributed by atoms with Gasteiger partial charge in [-0.15, -0.1) is 0 Å². The molecule has 3 fully saturated rings. The van der Waals surface area contributed by atoms with E-state index in [0.717, 1.165) is 11.9 Å². The average molecular weight is 1450 g/mol. The number of anilines is 1. The van der Waals surface area contributed by atoms with Gasteiger partial charge in [0.25, 0.3) is 5.91 Å². The van der Waals surface area contributed by atoms with E-state index in [0.29, 0.717) is 89.1 Å². The van der Waals surface area contributed by atoms with Crippen LogP contribution in [0.25, 0.3) is 10.9 Å². The van der Waals surface area contributed by atoms with E-state index in [-0.39, 0.29) is 98.9 Å². The fraction of sp³-hybridized carbons (Fsp3) is 0.525. The van der Waals surface area contributed by atoms with Gasteiger partial charge < -0.3 is 51.6 Å². The van der Waals surface area contributed by atoms with Crippen molar-refractivity contribution < 1.29 is 85.0 Å². The Balaban J connectivity index is 0.835. The number of hydrogen-bond donors (Lipinski definition) is 11. The minimum absolute atomic E-state index is 0.0170. The van der Waals surface area contributed by atoms with Gasteiger partial charge in [-0.2, -0.15) is 9.82 Å². The van der Waals surface area contributed by atoms with Crippen molar-refractivity contribution in [1.82, 2.24) is 70.7 Å². The number of carbonyl (C=O) groups is 10. The monoisotopic (exact) mass is 1450 g/mol. The van der Waals surface area contributed by atoms with Crippen LogP contribution < -0.4 is 41.4 Å². The molecule has 95 heavy (non-hydrogen) atoms. The van der Waals surface area contributed by atoms with Gasteiger partial charge in [0.2, 0.25) is 27.7 Å². The zero-order valence-corrected chi connectivity index (χ0v) is 57.0. The van der Waals surface area contributed by atoms with Crippen molar-refractivity contribution in [2.45, 2.75) is 82.3 Å². The van der Waals surface area contributed by atoms with Crippen molar-refractivity contribution in [2.75, 3.05) is 123 Å². The third kappa shape index (κ3) is 24.4. The standard InChI is InChI=1S/C59H85N15O19S.In/c1-38-28-44(29-39(2)54(38)94(91,92)69-46(58(89)90)33-66-55(86)41-7-10-47-43(30-41)32-67-74(47)18-5-13-62-59-63-16-17-64-59)93-27-4-6-48(76)60-14-15-61-57(88)45(9-12-51(80)81)68-56(87)42(8-11-50(78)79)31-65-49(77)35-71-21-25-72(36-52(82)83)23-19-70(34-40(3)75)20-24-73(26-22-71)37-53(84)85;/h7,10,16-17,28-30,32,42,45-46,69,75H,3-6,8-9,11-15,18-27,31,33-37H2,1-2H3,(H,60,76)(H,61,88)(H,65,77)(H,66,86)(H,68,87)(H,78,79)(H,80,81)(H,82,83)(H,84,85)(H,89,90)(H2,62,63,64);/q;+3/p-3/t42-,45?,46+;/m1./s1. The maximum absolute atomic E-state index is 13.8. The number of hydrogen-bond acceptors (Lipinski definition) is 23. The number of imidazole rings is 1. The van der Waals surface area contributed by atoms with Crippen LogP contribution in [0, 0.1) is 19.8 Å². The molecule has 2 aromatic heterocycles. The number of carboxylic acids is 3. The first-order valence-electron chi connectivity index (χ1n) is 31.0. The molecule has 34 nitrogen and oxygen atoms in total. The second-order valence-electron chi connectivity index (χ2n) is 23.0. The molecule has 0 spiro atoms. The molecule has 0 saturated carbocycles. The van der Waals surface area contributed by atoms with Gasteiger partial charge in [-0.25, -0.2) is 13.4 Å². The van der Waals surface area contributed by atoms with Crippen molar-refractivity contribution in [3.63, 3.8) is 0 Å². The first kappa shape index (κ1) is 74.0. The van der Waals surface area contributed by atoms with Gasteiger partial charge in [0, 0.05) is 75.3 Å². The number of amides is 5. The molecule has 4 aromatic rings. The summed E-state index contributed by atoms with van der Waals surface area (Å²) >= 11 is -4.10. The third-order valence-corrected chi connectivity index (χ3v) is 21.5. The minimum atomic E-state index is -4.48. The molecule has 7 rings (SSSR count). The Morgan fingerprint density at radius 2 is 1.37 bits per heavy atom. The van der Waals surface area contributed by atoms with E-state index in [1.165, 1.54) is 26.0 Å². The quantitative estimate of drug-likeness (QED) is 0.0235. The van der Waals surface area contributed by atoms with E-state index < -0.39 is 130 Å². The van der Waals surface area contributed by atoms with Crippen LogP contribution in [-0.2, 0) is 68.3 Å². The number of nitrogens with one attached hydrogen (secondary N) is 8. The molecule has 3 aliphatic heterocycles. The zero-order chi connectivity index (χ0) is 68.6. The summed E-state index contributed by atoms with van der Waals surface area (Å²) in [5.74, 6) is -8.37. The first-order valence-corrected chi connectivity index (χ1v) is 36.5. The molecule has 4 bridgehead atoms. The van der Waals surface area contributed by atoms with Crippen LogP contribution in [0.4, 0.5) is 5.95 Å². The molecule has 5 heterocycles. The van der Waals surface area contributed by atoms with Gasteiger partial charge in [-0.1, -0.05) is 0 Å². The van der Waals surface area contributed by atoms with Gasteiger partial charge in [-0.3, -0.25) is 38.2 Å². The Hall–Kier alpha value is -8.42. The number of rotatable bonds is 33. The SMILES string of the molecule is C=C1CN2CCN3CCN(CC(=O)NC[C@@H](CCC(=O)O)C(=O)NC(CCC(=O)O)C(=O)NCCNC(=O)CCCOc4cc(C)c(S(=O)(=O)N[C@@H](CNC(=O)c5ccc6c(cnn6CCCNc6ncc[nH]6)c5)C(=O)O)c(C)c4)CCN(CC2)CC(=O)[O][In]([O]1)[O]C(=O)C3. The number of aromatic amines is 1. The van der Waals surface area contributed by atoms with Gasteiger partial charge in [-0.05, 0) is 81.0 Å². The van der Waals surface area contributed by atoms with Gasteiger partial charge in [0.15, 0.2) is 5.95 Å². The fourth-order valence-corrected chi connectivity index (χ4v) is 15.4. The number of ether oxygens (including phenoxy) is 1. The van der Waals surface area contributed by atoms with E-state index in [1.54, 1.807) is 41.5 Å². The predicted molar refractivity (Wildman–Crippen MR) is 338 cm³/mol. The number of fused-ring (bicyclic) bond motifs is 8. The number of nitrogens with zero attached hydrogens (tertiary/aromatic N) is 7. The molecule has 0 radical (unpaired) electrons. The Morgan fingerprint density at radius 3 is 2.01 bits per heavy atom. The number of carboxylic acid groups (broad SMARTS) is 3. The van der Waals surface area contributed by atoms with Crippen LogP contribution in [0.5, 0.6) is 5.75 Å². The van der Waals surface area contributed by atoms with E-state index in [1.807, 2.05) is 14.7 Å². The van der Waals surface area contributed by atoms with Crippen molar-refractivity contribution in [2.24, 2.45) is 5.92 Å². The molecule has 3 aliphatic rings. The van der Waals surface area contributed by atoms with Crippen LogP contribution in [-0.4, -0.2) is 275 Å². The predicted octanol–water partition coefficient (Wildman–Crippen LogP) is -1.77. The molecular formula is C59H82InN15O19S. The van der Waals surface area contributed by atoms with Gasteiger partial charge in [0.1, 0.15) is 17.8 Å². The van der Waals surface area contributed by atoms with Crippen LogP contribution >= 0.6 is 0 Å². The van der Waals surface area contributed by atoms with E-state index in [4.69, 9.17) is 13.3 Å². The van der Waals surface area contributed by atoms with Crippen molar-refractivity contribution in [1.29, 1.82) is 0 Å². The van der Waals surface area contributed by atoms with Crippen molar-refractivity contribution in [3.05, 3.63) is 78.0 Å². The Labute approximate surface area is 556 Å². The van der Waals surface area contributed by atoms with Crippen LogP contribution in [0.1, 0.15) is 66.4 Å². The molecule has 11 N–H and O–H groups in total. The summed E-state index contributed by atoms with van der Waals surface area (Å²) in [6.07, 6.45) is 4.22. The molecule has 3 unspecified atom stereocenters. The van der Waals surface area contributed by atoms with E-state index >= 15 is 0 Å². The molecule has 36 heteroatoms. The summed E-state index contributed by atoms with van der Waals surface area (Å²) in [6, 6.07) is 4.61. The van der Waals surface area contributed by atoms with Gasteiger partial charge >= 0.3 is 210 Å². The number of benzene rings is 2. The topological polar surface area (TPSA) is 446 Å². The van der Waals surface area contributed by atoms with Crippen LogP contribution in [0.15, 0.2) is 66.2 Å². The van der Waals surface area contributed by atoms with Crippen molar-refractivity contribution in [3.8, 4) is 5.75 Å². The van der Waals surface area contributed by atoms with Crippen LogP contribution in [0.2, 0.25) is 0 Å². The van der Waals surface area contributed by atoms with E-state index in [2.05, 4.69) is 63.2 Å². The summed E-state index contributed by atoms with van der Waals surface area (Å²) < 4.78 is 54.1. The number of carbonyl (C=O) groups excluding carboxylic acids is 7. The molecule has 5 atom stereocenters. The number of sulfonamides is 1. The Kier molecular flexibility index (Phi) is 28.4. The zero-order valence-electron chi connectivity index (χ0n) is 52.9. The first-order chi connectivity index (χ1) is 45.4. The Morgan fingerprint density at radius 1 is 0.726 bits per heavy atom. The molecule has 3 saturated heterocycles. The molecular weight excluding hydrogens is 1370 g/mol. The Bertz CT molecular complexity index is 3440. The summed E-state index contributed by atoms with van der Waals surface area (Å²) in [4.78, 5) is 143. The third-order valence-electron chi connectivity index (χ3n) is 15.6. The second-order valence-corrected chi connectivity index (χ2v) is 28.3. The number of aryl methyl sites for hydroxylation is 3. The number of aromatic nitrogens is 4. The van der Waals surface area contributed by atoms with Gasteiger partial charge in [0.05, 0.1) is 23.2 Å². The fourth-order valence-electron chi connectivity index (χ4n) is 10.7. The summed E-state index contributed by atoms with van der Waals surface area (Å²) in [7, 11) is -4.48. The number of aliphatic carboxylic acids is 3. The molecule has 2 aromatic carbocycles. The van der Waals surface area contributed by atoms with E-state index in [9.17, 15) is 71.7 Å². The summed E-state index contributed by atoms with van der Waals surface area (Å²) in [5, 5.41) is 50.2. The summed E-state index contributed by atoms with van der Waals surface area (Å²) in [5.41, 5.74) is 1.44. The number of H-pyrrole nitrogens is 1. The molecule has 5 amide bonds. The average Bonchev–Trinajstić information content (AvgIpc) is 1.22. The molecule has 0 aliphatic carbocycles. The molecule has 516 valence electrons. The van der Waals surface area contributed by atoms with Crippen LogP contribution in [0.3, 0.4) is 0 Å². The normalized spacial score (nSPS) is 18.1. The maximum atomic E-state index is 13.8. The summed E-state index contributed by atoms with van der Waals surface area (Å²) in [6.45, 7) is 10.3.